The lowest BCUT2D eigenvalue weighted by Gasteiger charge is -2.04. The molecule has 0 unspecified atom stereocenters. The van der Waals surface area contributed by atoms with Crippen LogP contribution in [0.3, 0.4) is 0 Å². The SMILES string of the molecule is COc1cc(C)c(C=O)cc1F. The van der Waals surface area contributed by atoms with Crippen LogP contribution in [0.25, 0.3) is 0 Å². The van der Waals surface area contributed by atoms with Crippen LogP contribution < -0.4 is 4.74 Å². The minimum atomic E-state index is -0.509. The van der Waals surface area contributed by atoms with Crippen molar-refractivity contribution < 1.29 is 13.9 Å². The van der Waals surface area contributed by atoms with Crippen molar-refractivity contribution in [3.8, 4) is 5.75 Å². The minimum absolute atomic E-state index is 0.165. The number of rotatable bonds is 2. The molecule has 0 N–H and O–H groups in total. The number of benzene rings is 1. The number of hydrogen-bond acceptors (Lipinski definition) is 2. The van der Waals surface area contributed by atoms with Gasteiger partial charge in [0.2, 0.25) is 0 Å². The molecule has 0 fully saturated rings. The third kappa shape index (κ3) is 1.44. The van der Waals surface area contributed by atoms with Gasteiger partial charge in [0.15, 0.2) is 11.6 Å². The molecule has 64 valence electrons. The average Bonchev–Trinajstić information content (AvgIpc) is 2.08. The maximum absolute atomic E-state index is 12.9. The zero-order valence-electron chi connectivity index (χ0n) is 6.93. The Bertz CT molecular complexity index is 308. The van der Waals surface area contributed by atoms with Crippen molar-refractivity contribution in [2.75, 3.05) is 7.11 Å². The minimum Gasteiger partial charge on any atom is -0.494 e. The number of carbonyl (C=O) groups excluding carboxylic acids is 1. The second kappa shape index (κ2) is 3.34. The summed E-state index contributed by atoms with van der Waals surface area (Å²) in [7, 11) is 1.39. The molecule has 0 atom stereocenters. The molecule has 0 radical (unpaired) electrons. The van der Waals surface area contributed by atoms with Gasteiger partial charge in [-0.05, 0) is 24.6 Å². The molecule has 0 bridgehead atoms. The second-order valence-corrected chi connectivity index (χ2v) is 2.46. The summed E-state index contributed by atoms with van der Waals surface area (Å²) in [5, 5.41) is 0. The molecule has 2 nitrogen and oxygen atoms in total. The largest absolute Gasteiger partial charge is 0.494 e. The monoisotopic (exact) mass is 168 g/mol. The third-order valence-electron chi connectivity index (χ3n) is 1.67. The van der Waals surface area contributed by atoms with E-state index in [2.05, 4.69) is 0 Å². The number of aldehydes is 1. The van der Waals surface area contributed by atoms with Crippen molar-refractivity contribution in [2.45, 2.75) is 6.92 Å². The van der Waals surface area contributed by atoms with E-state index in [0.29, 0.717) is 17.4 Å². The van der Waals surface area contributed by atoms with Gasteiger partial charge in [0.25, 0.3) is 0 Å². The zero-order valence-corrected chi connectivity index (χ0v) is 6.93. The van der Waals surface area contributed by atoms with E-state index in [1.165, 1.54) is 19.2 Å². The maximum atomic E-state index is 12.9. The molecule has 0 aliphatic rings. The van der Waals surface area contributed by atoms with E-state index in [4.69, 9.17) is 4.74 Å². The molecule has 0 aliphatic heterocycles. The van der Waals surface area contributed by atoms with Crippen LogP contribution in [0, 0.1) is 12.7 Å². The van der Waals surface area contributed by atoms with Crippen LogP contribution in [0.5, 0.6) is 5.75 Å². The van der Waals surface area contributed by atoms with Crippen LogP contribution in [0.2, 0.25) is 0 Å². The van der Waals surface area contributed by atoms with Gasteiger partial charge in [-0.2, -0.15) is 0 Å². The summed E-state index contributed by atoms with van der Waals surface area (Å²) < 4.78 is 17.7. The first-order chi connectivity index (χ1) is 5.69. The lowest BCUT2D eigenvalue weighted by molar-refractivity contribution is 0.112. The molecule has 12 heavy (non-hydrogen) atoms. The fourth-order valence-electron chi connectivity index (χ4n) is 0.954. The van der Waals surface area contributed by atoms with Crippen molar-refractivity contribution in [1.29, 1.82) is 0 Å². The number of halogens is 1. The van der Waals surface area contributed by atoms with Gasteiger partial charge in [-0.15, -0.1) is 0 Å². The van der Waals surface area contributed by atoms with E-state index in [0.717, 1.165) is 0 Å². The molecule has 1 aromatic rings. The fraction of sp³-hybridized carbons (Fsp3) is 0.222. The molecule has 1 rings (SSSR count). The van der Waals surface area contributed by atoms with Gasteiger partial charge in [0.1, 0.15) is 6.29 Å². The molecular formula is C9H9FO2. The molecule has 0 amide bonds. The first-order valence-electron chi connectivity index (χ1n) is 3.48. The highest BCUT2D eigenvalue weighted by molar-refractivity contribution is 5.77. The maximum Gasteiger partial charge on any atom is 0.165 e. The first-order valence-corrected chi connectivity index (χ1v) is 3.48. The van der Waals surface area contributed by atoms with E-state index in [1.54, 1.807) is 6.92 Å². The Balaban J connectivity index is 3.25. The van der Waals surface area contributed by atoms with Crippen molar-refractivity contribution in [3.63, 3.8) is 0 Å². The number of hydrogen-bond donors (Lipinski definition) is 0. The van der Waals surface area contributed by atoms with Crippen LogP contribution in [-0.4, -0.2) is 13.4 Å². The highest BCUT2D eigenvalue weighted by Gasteiger charge is 2.05. The molecule has 1 aromatic carbocycles. The van der Waals surface area contributed by atoms with Crippen molar-refractivity contribution in [1.82, 2.24) is 0 Å². The molecular weight excluding hydrogens is 159 g/mol. The lowest BCUT2D eigenvalue weighted by Crippen LogP contribution is -1.93. The molecule has 0 saturated heterocycles. The van der Waals surface area contributed by atoms with Crippen LogP contribution in [0.1, 0.15) is 15.9 Å². The van der Waals surface area contributed by atoms with Crippen molar-refractivity contribution in [3.05, 3.63) is 29.1 Å². The van der Waals surface area contributed by atoms with Crippen molar-refractivity contribution >= 4 is 6.29 Å². The Morgan fingerprint density at radius 1 is 1.50 bits per heavy atom. The zero-order chi connectivity index (χ0) is 9.14. The van der Waals surface area contributed by atoms with Gasteiger partial charge in [-0.3, -0.25) is 4.79 Å². The first kappa shape index (κ1) is 8.71. The highest BCUT2D eigenvalue weighted by atomic mass is 19.1. The molecule has 3 heteroatoms. The lowest BCUT2D eigenvalue weighted by atomic mass is 10.1. The fourth-order valence-corrected chi connectivity index (χ4v) is 0.954. The second-order valence-electron chi connectivity index (χ2n) is 2.46. The molecule has 0 aliphatic carbocycles. The number of aryl methyl sites for hydroxylation is 1. The van der Waals surface area contributed by atoms with Gasteiger partial charge >= 0.3 is 0 Å². The summed E-state index contributed by atoms with van der Waals surface area (Å²) in [5.74, 6) is -0.344. The number of carbonyl (C=O) groups is 1. The number of methoxy groups -OCH3 is 1. The summed E-state index contributed by atoms with van der Waals surface area (Å²) in [6.07, 6.45) is 0.623. The van der Waals surface area contributed by atoms with Crippen LogP contribution in [0.4, 0.5) is 4.39 Å². The molecule has 0 heterocycles. The van der Waals surface area contributed by atoms with E-state index in [1.807, 2.05) is 0 Å². The van der Waals surface area contributed by atoms with Crippen LogP contribution >= 0.6 is 0 Å². The third-order valence-corrected chi connectivity index (χ3v) is 1.67. The van der Waals surface area contributed by atoms with E-state index in [9.17, 15) is 9.18 Å². The van der Waals surface area contributed by atoms with Crippen LogP contribution in [0.15, 0.2) is 12.1 Å². The highest BCUT2D eigenvalue weighted by Crippen LogP contribution is 2.20. The van der Waals surface area contributed by atoms with Crippen molar-refractivity contribution in [2.24, 2.45) is 0 Å². The summed E-state index contributed by atoms with van der Waals surface area (Å²) in [5.41, 5.74) is 1.07. The topological polar surface area (TPSA) is 26.3 Å². The summed E-state index contributed by atoms with van der Waals surface area (Å²) in [6.45, 7) is 1.73. The predicted octanol–water partition coefficient (Wildman–Crippen LogP) is 1.96. The quantitative estimate of drug-likeness (QED) is 0.631. The Hall–Kier alpha value is -1.38. The van der Waals surface area contributed by atoms with Crippen LogP contribution in [-0.2, 0) is 0 Å². The summed E-state index contributed by atoms with van der Waals surface area (Å²) >= 11 is 0. The molecule has 0 aromatic heterocycles. The summed E-state index contributed by atoms with van der Waals surface area (Å²) in [4.78, 5) is 10.4. The smallest absolute Gasteiger partial charge is 0.165 e. The normalized spacial score (nSPS) is 9.58. The number of ether oxygens (including phenoxy) is 1. The van der Waals surface area contributed by atoms with Gasteiger partial charge in [-0.25, -0.2) is 4.39 Å². The summed E-state index contributed by atoms with van der Waals surface area (Å²) in [6, 6.07) is 2.67. The van der Waals surface area contributed by atoms with Gasteiger partial charge in [0, 0.05) is 5.56 Å². The van der Waals surface area contributed by atoms with Gasteiger partial charge < -0.3 is 4.74 Å². The van der Waals surface area contributed by atoms with E-state index >= 15 is 0 Å². The van der Waals surface area contributed by atoms with Gasteiger partial charge in [-0.1, -0.05) is 0 Å². The van der Waals surface area contributed by atoms with Gasteiger partial charge in [0.05, 0.1) is 7.11 Å². The Morgan fingerprint density at radius 2 is 2.17 bits per heavy atom. The molecule has 0 saturated carbocycles. The van der Waals surface area contributed by atoms with E-state index in [-0.39, 0.29) is 5.75 Å². The average molecular weight is 168 g/mol. The molecule has 0 spiro atoms. The Morgan fingerprint density at radius 3 is 2.67 bits per heavy atom. The standard InChI is InChI=1S/C9H9FO2/c1-6-3-9(12-2)8(10)4-7(6)5-11/h3-5H,1-2H3. The predicted molar refractivity (Wildman–Crippen MR) is 43.1 cm³/mol. The Labute approximate surface area is 70.0 Å². The Kier molecular flexibility index (Phi) is 2.43. The van der Waals surface area contributed by atoms with E-state index < -0.39 is 5.82 Å².